The smallest absolute Gasteiger partial charge is 0.252 e. The summed E-state index contributed by atoms with van der Waals surface area (Å²) in [6, 6.07) is 4.19. The molecule has 3 N–H and O–H groups in total. The summed E-state index contributed by atoms with van der Waals surface area (Å²) >= 11 is 0. The van der Waals surface area contributed by atoms with Crippen LogP contribution in [0.2, 0.25) is 0 Å². The molecular weight excluding hydrogens is 231 g/mol. The molecule has 1 amide bonds. The van der Waals surface area contributed by atoms with E-state index in [1.807, 2.05) is 20.8 Å². The van der Waals surface area contributed by atoms with Crippen molar-refractivity contribution >= 4 is 5.91 Å². The largest absolute Gasteiger partial charge is 0.345 e. The van der Waals surface area contributed by atoms with Gasteiger partial charge >= 0.3 is 0 Å². The second kappa shape index (κ2) is 5.48. The van der Waals surface area contributed by atoms with Crippen LogP contribution in [-0.4, -0.2) is 18.0 Å². The van der Waals surface area contributed by atoms with Gasteiger partial charge in [0.1, 0.15) is 5.82 Å². The number of benzene rings is 1. The Hall–Kier alpha value is -1.42. The van der Waals surface area contributed by atoms with Gasteiger partial charge in [0.05, 0.1) is 5.54 Å². The number of rotatable bonds is 4. The van der Waals surface area contributed by atoms with Crippen LogP contribution in [0.25, 0.3) is 0 Å². The molecule has 0 fully saturated rings. The summed E-state index contributed by atoms with van der Waals surface area (Å²) in [6.07, 6.45) is 0. The molecule has 0 spiro atoms. The van der Waals surface area contributed by atoms with Crippen LogP contribution in [0.1, 0.15) is 36.7 Å². The van der Waals surface area contributed by atoms with Crippen LogP contribution in [0.5, 0.6) is 0 Å². The molecule has 3 nitrogen and oxygen atoms in total. The van der Waals surface area contributed by atoms with Crippen molar-refractivity contribution in [2.24, 2.45) is 11.7 Å². The van der Waals surface area contributed by atoms with Gasteiger partial charge in [-0.3, -0.25) is 4.79 Å². The zero-order valence-electron chi connectivity index (χ0n) is 11.4. The van der Waals surface area contributed by atoms with Crippen LogP contribution >= 0.6 is 0 Å². The van der Waals surface area contributed by atoms with E-state index >= 15 is 0 Å². The molecule has 4 heteroatoms. The summed E-state index contributed by atoms with van der Waals surface area (Å²) < 4.78 is 13.2. The lowest BCUT2D eigenvalue weighted by Gasteiger charge is -2.33. The molecule has 0 saturated carbocycles. The summed E-state index contributed by atoms with van der Waals surface area (Å²) in [5, 5.41) is 2.90. The number of nitrogens with two attached hydrogens (primary N) is 1. The normalized spacial score (nSPS) is 14.4. The third-order valence-electron chi connectivity index (χ3n) is 3.54. The number of halogens is 1. The second-order valence-electron chi connectivity index (χ2n) is 5.19. The van der Waals surface area contributed by atoms with Gasteiger partial charge in [0, 0.05) is 12.1 Å². The van der Waals surface area contributed by atoms with E-state index in [9.17, 15) is 9.18 Å². The van der Waals surface area contributed by atoms with Crippen LogP contribution in [0.3, 0.4) is 0 Å². The van der Waals surface area contributed by atoms with Gasteiger partial charge in [-0.05, 0) is 37.5 Å². The molecule has 0 aliphatic heterocycles. The summed E-state index contributed by atoms with van der Waals surface area (Å²) in [5.41, 5.74) is 6.33. The number of aryl methyl sites for hydroxylation is 1. The third-order valence-corrected chi connectivity index (χ3v) is 3.54. The number of amides is 1. The SMILES string of the molecule is Cc1ccc(F)cc1C(=O)NC(C)(CN)C(C)C. The van der Waals surface area contributed by atoms with Crippen LogP contribution < -0.4 is 11.1 Å². The van der Waals surface area contributed by atoms with E-state index in [4.69, 9.17) is 5.73 Å². The molecular formula is C14H21FN2O. The molecule has 0 aromatic heterocycles. The van der Waals surface area contributed by atoms with Gasteiger partial charge in [-0.15, -0.1) is 0 Å². The van der Waals surface area contributed by atoms with E-state index in [2.05, 4.69) is 5.32 Å². The topological polar surface area (TPSA) is 55.1 Å². The molecule has 1 atom stereocenters. The average Bonchev–Trinajstić information content (AvgIpc) is 2.31. The van der Waals surface area contributed by atoms with Gasteiger partial charge in [-0.25, -0.2) is 4.39 Å². The molecule has 0 saturated heterocycles. The van der Waals surface area contributed by atoms with Gasteiger partial charge in [0.25, 0.3) is 5.91 Å². The lowest BCUT2D eigenvalue weighted by molar-refractivity contribution is 0.0882. The quantitative estimate of drug-likeness (QED) is 0.863. The third kappa shape index (κ3) is 3.07. The number of carbonyl (C=O) groups is 1. The van der Waals surface area contributed by atoms with Crippen molar-refractivity contribution in [1.82, 2.24) is 5.32 Å². The second-order valence-corrected chi connectivity index (χ2v) is 5.19. The van der Waals surface area contributed by atoms with E-state index in [0.29, 0.717) is 12.1 Å². The van der Waals surface area contributed by atoms with Crippen molar-refractivity contribution in [1.29, 1.82) is 0 Å². The molecule has 100 valence electrons. The van der Waals surface area contributed by atoms with E-state index in [1.165, 1.54) is 12.1 Å². The predicted molar refractivity (Wildman–Crippen MR) is 70.9 cm³/mol. The highest BCUT2D eigenvalue weighted by Gasteiger charge is 2.29. The number of hydrogen-bond acceptors (Lipinski definition) is 2. The Morgan fingerprint density at radius 2 is 2.11 bits per heavy atom. The standard InChI is InChI=1S/C14H21FN2O/c1-9(2)14(4,8-16)17-13(18)12-7-11(15)6-5-10(12)3/h5-7,9H,8,16H2,1-4H3,(H,17,18). The molecule has 0 aliphatic carbocycles. The lowest BCUT2D eigenvalue weighted by Crippen LogP contribution is -2.55. The molecule has 18 heavy (non-hydrogen) atoms. The van der Waals surface area contributed by atoms with Gasteiger partial charge in [-0.1, -0.05) is 19.9 Å². The van der Waals surface area contributed by atoms with Crippen molar-refractivity contribution in [2.45, 2.75) is 33.2 Å². The van der Waals surface area contributed by atoms with Gasteiger partial charge < -0.3 is 11.1 Å². The Balaban J connectivity index is 2.98. The van der Waals surface area contributed by atoms with Crippen LogP contribution in [0, 0.1) is 18.7 Å². The zero-order valence-corrected chi connectivity index (χ0v) is 11.4. The highest BCUT2D eigenvalue weighted by atomic mass is 19.1. The Kier molecular flexibility index (Phi) is 4.46. The van der Waals surface area contributed by atoms with E-state index in [1.54, 1.807) is 13.0 Å². The first-order valence-electron chi connectivity index (χ1n) is 6.09. The predicted octanol–water partition coefficient (Wildman–Crippen LogP) is 2.24. The van der Waals surface area contributed by atoms with Crippen LogP contribution in [0.15, 0.2) is 18.2 Å². The van der Waals surface area contributed by atoms with Crippen molar-refractivity contribution in [3.05, 3.63) is 35.1 Å². The fraction of sp³-hybridized carbons (Fsp3) is 0.500. The summed E-state index contributed by atoms with van der Waals surface area (Å²) in [6.45, 7) is 8.00. The summed E-state index contributed by atoms with van der Waals surface area (Å²) in [7, 11) is 0. The van der Waals surface area contributed by atoms with Gasteiger partial charge in [0.2, 0.25) is 0 Å². The molecule has 0 bridgehead atoms. The number of carbonyl (C=O) groups excluding carboxylic acids is 1. The van der Waals surface area contributed by atoms with E-state index in [-0.39, 0.29) is 11.8 Å². The molecule has 1 aromatic carbocycles. The zero-order chi connectivity index (χ0) is 13.9. The van der Waals surface area contributed by atoms with Crippen molar-refractivity contribution in [3.63, 3.8) is 0 Å². The van der Waals surface area contributed by atoms with E-state index in [0.717, 1.165) is 5.56 Å². The maximum atomic E-state index is 13.2. The number of nitrogens with one attached hydrogen (secondary N) is 1. The fourth-order valence-electron chi connectivity index (χ4n) is 1.60. The molecule has 0 heterocycles. The molecule has 1 rings (SSSR count). The number of hydrogen-bond donors (Lipinski definition) is 2. The molecule has 0 aliphatic rings. The molecule has 0 radical (unpaired) electrons. The highest BCUT2D eigenvalue weighted by molar-refractivity contribution is 5.96. The lowest BCUT2D eigenvalue weighted by atomic mass is 9.88. The molecule has 1 unspecified atom stereocenters. The van der Waals surface area contributed by atoms with Crippen molar-refractivity contribution in [2.75, 3.05) is 6.54 Å². The first-order valence-corrected chi connectivity index (χ1v) is 6.09. The minimum Gasteiger partial charge on any atom is -0.345 e. The fourth-order valence-corrected chi connectivity index (χ4v) is 1.60. The minimum absolute atomic E-state index is 0.195. The average molecular weight is 252 g/mol. The maximum Gasteiger partial charge on any atom is 0.252 e. The minimum atomic E-state index is -0.490. The van der Waals surface area contributed by atoms with Crippen LogP contribution in [-0.2, 0) is 0 Å². The highest BCUT2D eigenvalue weighted by Crippen LogP contribution is 2.17. The maximum absolute atomic E-state index is 13.2. The first kappa shape index (κ1) is 14.6. The summed E-state index contributed by atoms with van der Waals surface area (Å²) in [4.78, 5) is 12.2. The monoisotopic (exact) mass is 252 g/mol. The molecule has 1 aromatic rings. The van der Waals surface area contributed by atoms with Crippen LogP contribution in [0.4, 0.5) is 4.39 Å². The first-order chi connectivity index (χ1) is 8.30. The Morgan fingerprint density at radius 1 is 1.50 bits per heavy atom. The Labute approximate surface area is 108 Å². The van der Waals surface area contributed by atoms with Gasteiger partial charge in [0.15, 0.2) is 0 Å². The van der Waals surface area contributed by atoms with Crippen molar-refractivity contribution < 1.29 is 9.18 Å². The summed E-state index contributed by atoms with van der Waals surface area (Å²) in [5.74, 6) is -0.501. The van der Waals surface area contributed by atoms with Gasteiger partial charge in [-0.2, -0.15) is 0 Å². The Morgan fingerprint density at radius 3 is 2.61 bits per heavy atom. The van der Waals surface area contributed by atoms with Crippen molar-refractivity contribution in [3.8, 4) is 0 Å². The Bertz CT molecular complexity index is 445. The van der Waals surface area contributed by atoms with E-state index < -0.39 is 11.4 Å².